The Hall–Kier alpha value is -1.34. The van der Waals surface area contributed by atoms with E-state index < -0.39 is 0 Å². The molecule has 7 heteroatoms. The lowest BCUT2D eigenvalue weighted by Gasteiger charge is -2.17. The third kappa shape index (κ3) is 9.72. The lowest BCUT2D eigenvalue weighted by molar-refractivity contribution is -0.127. The number of nitrogens with zero attached hydrogens (tertiary/aromatic N) is 2. The fourth-order valence-electron chi connectivity index (χ4n) is 2.54. The van der Waals surface area contributed by atoms with Gasteiger partial charge in [-0.2, -0.15) is 0 Å². The molecule has 0 radical (unpaired) electrons. The van der Waals surface area contributed by atoms with Gasteiger partial charge in [-0.25, -0.2) is 4.99 Å². The maximum atomic E-state index is 11.7. The van der Waals surface area contributed by atoms with E-state index in [-0.39, 0.29) is 12.5 Å². The Kier molecular flexibility index (Phi) is 11.2. The van der Waals surface area contributed by atoms with Crippen molar-refractivity contribution in [2.45, 2.75) is 44.6 Å². The Morgan fingerprint density at radius 3 is 2.29 bits per heavy atom. The molecule has 24 heavy (non-hydrogen) atoms. The number of hydrogen-bond acceptors (Lipinski definition) is 4. The molecule has 0 aromatic rings. The number of amides is 1. The van der Waals surface area contributed by atoms with Crippen LogP contribution in [0.1, 0.15) is 38.5 Å². The number of guanidine groups is 1. The first-order chi connectivity index (χ1) is 11.6. The lowest BCUT2D eigenvalue weighted by atomic mass is 10.1. The first kappa shape index (κ1) is 20.7. The number of ether oxygens (including phenoxy) is 2. The summed E-state index contributed by atoms with van der Waals surface area (Å²) in [5.74, 6) is 0.587. The van der Waals surface area contributed by atoms with Gasteiger partial charge in [0.15, 0.2) is 5.96 Å². The largest absolute Gasteiger partial charge is 0.383 e. The summed E-state index contributed by atoms with van der Waals surface area (Å²) in [5.41, 5.74) is 0. The highest BCUT2D eigenvalue weighted by Crippen LogP contribution is 2.19. The summed E-state index contributed by atoms with van der Waals surface area (Å²) in [6.07, 6.45) is 7.95. The van der Waals surface area contributed by atoms with Crippen LogP contribution < -0.4 is 10.6 Å². The average molecular weight is 342 g/mol. The van der Waals surface area contributed by atoms with Crippen LogP contribution in [0.25, 0.3) is 0 Å². The Morgan fingerprint density at radius 1 is 1.08 bits per heavy atom. The van der Waals surface area contributed by atoms with Crippen LogP contribution in [0.4, 0.5) is 0 Å². The molecule has 1 aliphatic carbocycles. The molecule has 2 N–H and O–H groups in total. The van der Waals surface area contributed by atoms with Gasteiger partial charge in [-0.1, -0.05) is 25.7 Å². The summed E-state index contributed by atoms with van der Waals surface area (Å²) in [4.78, 5) is 17.5. The minimum atomic E-state index is -0.0300. The van der Waals surface area contributed by atoms with Crippen LogP contribution in [0.15, 0.2) is 4.99 Å². The van der Waals surface area contributed by atoms with Crippen LogP contribution in [0, 0.1) is 0 Å². The molecule has 0 unspecified atom stereocenters. The van der Waals surface area contributed by atoms with Gasteiger partial charge in [0, 0.05) is 34.3 Å². The van der Waals surface area contributed by atoms with Gasteiger partial charge >= 0.3 is 0 Å². The zero-order chi connectivity index (χ0) is 17.6. The number of nitrogens with one attached hydrogen (secondary N) is 2. The van der Waals surface area contributed by atoms with E-state index in [9.17, 15) is 4.79 Å². The predicted octanol–water partition coefficient (Wildman–Crippen LogP) is 0.996. The smallest absolute Gasteiger partial charge is 0.243 e. The standard InChI is InChI=1S/C17H34N4O3/c1-21(2)16(22)14-20-17(18-10-12-23-3)19-11-13-24-15-8-6-4-5-7-9-15/h15H,4-14H2,1-3H3,(H2,18,19,20). The average Bonchev–Trinajstić information content (AvgIpc) is 2.84. The van der Waals surface area contributed by atoms with Crippen LogP contribution in [-0.2, 0) is 14.3 Å². The number of carbonyl (C=O) groups is 1. The van der Waals surface area contributed by atoms with Crippen LogP contribution >= 0.6 is 0 Å². The van der Waals surface area contributed by atoms with Crippen LogP contribution in [-0.4, -0.2) is 76.9 Å². The van der Waals surface area contributed by atoms with Gasteiger partial charge < -0.3 is 25.0 Å². The third-order valence-electron chi connectivity index (χ3n) is 4.02. The summed E-state index contributed by atoms with van der Waals surface area (Å²) in [6.45, 7) is 2.67. The van der Waals surface area contributed by atoms with Gasteiger partial charge in [0.05, 0.1) is 19.3 Å². The number of methoxy groups -OCH3 is 1. The Labute approximate surface area is 146 Å². The lowest BCUT2D eigenvalue weighted by Crippen LogP contribution is -2.41. The summed E-state index contributed by atoms with van der Waals surface area (Å²) >= 11 is 0. The zero-order valence-corrected chi connectivity index (χ0v) is 15.5. The molecule has 7 nitrogen and oxygen atoms in total. The van der Waals surface area contributed by atoms with Gasteiger partial charge in [0.1, 0.15) is 6.54 Å². The predicted molar refractivity (Wildman–Crippen MR) is 96.3 cm³/mol. The second kappa shape index (κ2) is 13.0. The van der Waals surface area contributed by atoms with E-state index in [1.165, 1.54) is 43.4 Å². The maximum absolute atomic E-state index is 11.7. The van der Waals surface area contributed by atoms with Gasteiger partial charge in [-0.05, 0) is 12.8 Å². The number of carbonyl (C=O) groups excluding carboxylic acids is 1. The molecule has 0 aromatic heterocycles. The van der Waals surface area contributed by atoms with Crippen LogP contribution in [0.3, 0.4) is 0 Å². The SMILES string of the molecule is COCCNC(=NCC(=O)N(C)C)NCCOC1CCCCCC1. The minimum absolute atomic E-state index is 0.0300. The Balaban J connectivity index is 2.31. The van der Waals surface area contributed by atoms with E-state index in [1.54, 1.807) is 21.2 Å². The second-order valence-corrected chi connectivity index (χ2v) is 6.28. The molecule has 0 bridgehead atoms. The second-order valence-electron chi connectivity index (χ2n) is 6.28. The fourth-order valence-corrected chi connectivity index (χ4v) is 2.54. The molecule has 0 heterocycles. The summed E-state index contributed by atoms with van der Waals surface area (Å²) in [6, 6.07) is 0. The normalized spacial score (nSPS) is 16.5. The summed E-state index contributed by atoms with van der Waals surface area (Å²) < 4.78 is 11.0. The molecule has 0 saturated heterocycles. The molecule has 0 aromatic carbocycles. The van der Waals surface area contributed by atoms with Crippen molar-refractivity contribution >= 4 is 11.9 Å². The summed E-state index contributed by atoms with van der Waals surface area (Å²) in [5, 5.41) is 6.37. The van der Waals surface area contributed by atoms with E-state index in [0.29, 0.717) is 38.4 Å². The maximum Gasteiger partial charge on any atom is 0.243 e. The van der Waals surface area contributed by atoms with E-state index in [1.807, 2.05) is 0 Å². The van der Waals surface area contributed by atoms with Crippen LogP contribution in [0.2, 0.25) is 0 Å². The van der Waals surface area contributed by atoms with Gasteiger partial charge in [0.25, 0.3) is 0 Å². The molecular formula is C17H34N4O3. The highest BCUT2D eigenvalue weighted by atomic mass is 16.5. The van der Waals surface area contributed by atoms with Crippen molar-refractivity contribution in [3.8, 4) is 0 Å². The number of hydrogen-bond donors (Lipinski definition) is 2. The highest BCUT2D eigenvalue weighted by molar-refractivity contribution is 5.84. The van der Waals surface area contributed by atoms with Crippen molar-refractivity contribution in [1.29, 1.82) is 0 Å². The quantitative estimate of drug-likeness (QED) is 0.283. The van der Waals surface area contributed by atoms with Crippen molar-refractivity contribution < 1.29 is 14.3 Å². The zero-order valence-electron chi connectivity index (χ0n) is 15.5. The van der Waals surface area contributed by atoms with Crippen LogP contribution in [0.5, 0.6) is 0 Å². The third-order valence-corrected chi connectivity index (χ3v) is 4.02. The molecular weight excluding hydrogens is 308 g/mol. The van der Waals surface area contributed by atoms with Crippen molar-refractivity contribution in [3.05, 3.63) is 0 Å². The molecule has 1 fully saturated rings. The first-order valence-corrected chi connectivity index (χ1v) is 8.96. The van der Waals surface area contributed by atoms with Crippen molar-refractivity contribution in [2.75, 3.05) is 54.1 Å². The topological polar surface area (TPSA) is 75.2 Å². The van der Waals surface area contributed by atoms with Gasteiger partial charge in [0.2, 0.25) is 5.91 Å². The first-order valence-electron chi connectivity index (χ1n) is 8.96. The Morgan fingerprint density at radius 2 is 1.71 bits per heavy atom. The molecule has 0 aliphatic heterocycles. The highest BCUT2D eigenvalue weighted by Gasteiger charge is 2.12. The van der Waals surface area contributed by atoms with E-state index in [4.69, 9.17) is 9.47 Å². The fraction of sp³-hybridized carbons (Fsp3) is 0.882. The molecule has 1 aliphatic rings. The number of likely N-dealkylation sites (N-methyl/N-ethyl adjacent to an activating group) is 1. The molecule has 140 valence electrons. The van der Waals surface area contributed by atoms with E-state index >= 15 is 0 Å². The van der Waals surface area contributed by atoms with E-state index in [0.717, 1.165) is 0 Å². The van der Waals surface area contributed by atoms with E-state index in [2.05, 4.69) is 15.6 Å². The van der Waals surface area contributed by atoms with Crippen molar-refractivity contribution in [2.24, 2.45) is 4.99 Å². The van der Waals surface area contributed by atoms with Crippen molar-refractivity contribution in [1.82, 2.24) is 15.5 Å². The molecule has 1 amide bonds. The van der Waals surface area contributed by atoms with Gasteiger partial charge in [-0.3, -0.25) is 4.79 Å². The molecule has 0 atom stereocenters. The number of aliphatic imine (C=N–C) groups is 1. The number of rotatable bonds is 9. The molecule has 0 spiro atoms. The summed E-state index contributed by atoms with van der Waals surface area (Å²) in [7, 11) is 5.11. The monoisotopic (exact) mass is 342 g/mol. The molecule has 1 saturated carbocycles. The molecule has 1 rings (SSSR count). The Bertz CT molecular complexity index is 367. The minimum Gasteiger partial charge on any atom is -0.383 e. The van der Waals surface area contributed by atoms with Gasteiger partial charge in [-0.15, -0.1) is 0 Å². The van der Waals surface area contributed by atoms with Crippen molar-refractivity contribution in [3.63, 3.8) is 0 Å².